The van der Waals surface area contributed by atoms with Crippen molar-refractivity contribution >= 4 is 60.7 Å². The van der Waals surface area contributed by atoms with Crippen LogP contribution in [0.15, 0.2) is 65.6 Å². The molecule has 0 saturated heterocycles. The number of hydrogen-bond donors (Lipinski definition) is 3. The summed E-state index contributed by atoms with van der Waals surface area (Å²) in [6.07, 6.45) is 1.72. The molecule has 9 nitrogen and oxygen atoms in total. The summed E-state index contributed by atoms with van der Waals surface area (Å²) >= 11 is 6.99. The summed E-state index contributed by atoms with van der Waals surface area (Å²) in [4.78, 5) is 40.9. The van der Waals surface area contributed by atoms with Crippen molar-refractivity contribution < 1.29 is 27.2 Å². The number of carbonyl (C=O) groups is 3. The molecular weight excluding hydrogens is 603 g/mol. The second-order valence-electron chi connectivity index (χ2n) is 9.90. The zero-order chi connectivity index (χ0) is 30.0. The summed E-state index contributed by atoms with van der Waals surface area (Å²) in [6.45, 7) is 1.35. The van der Waals surface area contributed by atoms with Gasteiger partial charge in [0.1, 0.15) is 10.8 Å². The van der Waals surface area contributed by atoms with Crippen LogP contribution in [0.3, 0.4) is 0 Å². The van der Waals surface area contributed by atoms with E-state index in [-0.39, 0.29) is 38.0 Å². The third-order valence-corrected chi connectivity index (χ3v) is 10.00. The highest BCUT2D eigenvalue weighted by molar-refractivity contribution is 7.92. The summed E-state index contributed by atoms with van der Waals surface area (Å²) in [7, 11) is -4.37. The van der Waals surface area contributed by atoms with E-state index >= 15 is 4.39 Å². The fraction of sp³-hybridized carbons (Fsp3) is 0.241. The Morgan fingerprint density at radius 3 is 2.48 bits per heavy atom. The third kappa shape index (κ3) is 6.77. The number of fused-ring (bicyclic) bond motifs is 1. The Hall–Kier alpha value is -3.87. The maximum Gasteiger partial charge on any atom is 0.246 e. The molecule has 1 aliphatic carbocycles. The molecule has 1 saturated carbocycles. The van der Waals surface area contributed by atoms with Crippen LogP contribution in [0.2, 0.25) is 5.02 Å². The van der Waals surface area contributed by atoms with Gasteiger partial charge in [-0.15, -0.1) is 11.3 Å². The monoisotopic (exact) mass is 628 g/mol. The average molecular weight is 629 g/mol. The first kappa shape index (κ1) is 29.6. The van der Waals surface area contributed by atoms with Gasteiger partial charge in [-0.05, 0) is 48.2 Å². The Morgan fingerprint density at radius 2 is 1.81 bits per heavy atom. The first-order valence-corrected chi connectivity index (χ1v) is 15.8. The highest BCUT2D eigenvalue weighted by Gasteiger charge is 2.39. The van der Waals surface area contributed by atoms with Gasteiger partial charge in [0, 0.05) is 36.2 Å². The lowest BCUT2D eigenvalue weighted by molar-refractivity contribution is -0.126. The molecule has 1 aliphatic rings. The van der Waals surface area contributed by atoms with Crippen LogP contribution in [0.25, 0.3) is 21.3 Å². The van der Waals surface area contributed by atoms with E-state index in [2.05, 4.69) is 20.9 Å². The van der Waals surface area contributed by atoms with Crippen LogP contribution in [0, 0.1) is 5.82 Å². The molecule has 0 radical (unpaired) electrons. The summed E-state index contributed by atoms with van der Waals surface area (Å²) in [5.41, 5.74) is 1.85. The number of nitrogens with zero attached hydrogens (tertiary/aromatic N) is 1. The maximum absolute atomic E-state index is 15.2. The molecule has 3 N–H and O–H groups in total. The van der Waals surface area contributed by atoms with Crippen molar-refractivity contribution in [1.82, 2.24) is 20.9 Å². The highest BCUT2D eigenvalue weighted by Crippen LogP contribution is 2.37. The number of benzene rings is 3. The molecule has 0 spiro atoms. The summed E-state index contributed by atoms with van der Waals surface area (Å²) in [6, 6.07) is 15.3. The van der Waals surface area contributed by atoms with Crippen molar-refractivity contribution in [2.45, 2.75) is 42.5 Å². The quantitative estimate of drug-likeness (QED) is 0.240. The third-order valence-electron chi connectivity index (χ3n) is 6.56. The summed E-state index contributed by atoms with van der Waals surface area (Å²) in [5.74, 6) is -2.11. The van der Waals surface area contributed by atoms with Gasteiger partial charge >= 0.3 is 0 Å². The topological polar surface area (TPSA) is 134 Å². The zero-order valence-electron chi connectivity index (χ0n) is 22.3. The van der Waals surface area contributed by atoms with Gasteiger partial charge in [-0.3, -0.25) is 14.4 Å². The molecule has 1 aromatic heterocycles. The Labute approximate surface area is 250 Å². The molecule has 5 rings (SSSR count). The Balaban J connectivity index is 1.49. The van der Waals surface area contributed by atoms with Gasteiger partial charge in [-0.1, -0.05) is 41.9 Å². The number of amides is 3. The van der Waals surface area contributed by atoms with Crippen molar-refractivity contribution in [3.05, 3.63) is 82.1 Å². The van der Waals surface area contributed by atoms with Crippen molar-refractivity contribution in [3.8, 4) is 11.1 Å². The Bertz CT molecular complexity index is 1790. The van der Waals surface area contributed by atoms with Crippen molar-refractivity contribution in [1.29, 1.82) is 0 Å². The van der Waals surface area contributed by atoms with Gasteiger partial charge in [0.25, 0.3) is 0 Å². The minimum Gasteiger partial charge on any atom is -0.352 e. The number of thiazole rings is 1. The molecular formula is C29H26ClFN4O5S2. The SMILES string of the molecule is CC(=O)NCc1ccc(-c2cc3sc(C(C(=O)NCC(=O)NC4CC4)S(=O)(=O)c4cccc(Cl)c4)nc3cc2F)cc1. The second kappa shape index (κ2) is 12.2. The molecule has 1 fully saturated rings. The molecule has 3 aromatic carbocycles. The first-order valence-electron chi connectivity index (χ1n) is 13.0. The van der Waals surface area contributed by atoms with E-state index in [0.717, 1.165) is 29.7 Å². The molecule has 0 aliphatic heterocycles. The fourth-order valence-corrected chi connectivity index (χ4v) is 7.52. The lowest BCUT2D eigenvalue weighted by Crippen LogP contribution is -2.41. The number of sulfone groups is 1. The fourth-order valence-electron chi connectivity index (χ4n) is 4.26. The lowest BCUT2D eigenvalue weighted by atomic mass is 10.0. The Kier molecular flexibility index (Phi) is 8.58. The molecule has 1 heterocycles. The lowest BCUT2D eigenvalue weighted by Gasteiger charge is -2.16. The Morgan fingerprint density at radius 1 is 1.07 bits per heavy atom. The minimum absolute atomic E-state index is 0.0714. The van der Waals surface area contributed by atoms with Gasteiger partial charge in [-0.25, -0.2) is 17.8 Å². The maximum atomic E-state index is 15.2. The van der Waals surface area contributed by atoms with Crippen molar-refractivity contribution in [3.63, 3.8) is 0 Å². The standard InChI is InChI=1S/C29H26ClFN4O5S2/c1-16(36)32-14-17-5-7-18(8-6-17)22-12-25-24(13-23(22)31)35-29(41-25)27(28(38)33-15-26(37)34-20-9-10-20)42(39,40)21-4-2-3-19(30)11-21/h2-8,11-13,20,27H,9-10,14-15H2,1H3,(H,32,36)(H,33,38)(H,34,37). The second-order valence-corrected chi connectivity index (χ2v) is 13.4. The van der Waals surface area contributed by atoms with Gasteiger partial charge in [0.05, 0.1) is 21.7 Å². The highest BCUT2D eigenvalue weighted by atomic mass is 35.5. The molecule has 42 heavy (non-hydrogen) atoms. The predicted molar refractivity (Wildman–Crippen MR) is 158 cm³/mol. The van der Waals surface area contributed by atoms with Crippen LogP contribution < -0.4 is 16.0 Å². The van der Waals surface area contributed by atoms with E-state index in [4.69, 9.17) is 11.6 Å². The van der Waals surface area contributed by atoms with E-state index in [1.165, 1.54) is 37.3 Å². The smallest absolute Gasteiger partial charge is 0.246 e. The van der Waals surface area contributed by atoms with Gasteiger partial charge in [-0.2, -0.15) is 0 Å². The number of hydrogen-bond acceptors (Lipinski definition) is 7. The van der Waals surface area contributed by atoms with Crippen LogP contribution in [-0.4, -0.2) is 43.7 Å². The molecule has 218 valence electrons. The molecule has 13 heteroatoms. The molecule has 0 bridgehead atoms. The van der Waals surface area contributed by atoms with Crippen molar-refractivity contribution in [2.24, 2.45) is 0 Å². The average Bonchev–Trinajstić information content (AvgIpc) is 3.67. The van der Waals surface area contributed by atoms with Crippen LogP contribution in [0.4, 0.5) is 4.39 Å². The van der Waals surface area contributed by atoms with Crippen LogP contribution >= 0.6 is 22.9 Å². The zero-order valence-corrected chi connectivity index (χ0v) is 24.7. The number of rotatable bonds is 10. The van der Waals surface area contributed by atoms with E-state index in [1.807, 2.05) is 0 Å². The van der Waals surface area contributed by atoms with Crippen LogP contribution in [0.5, 0.6) is 0 Å². The number of aromatic nitrogens is 1. The number of nitrogens with one attached hydrogen (secondary N) is 3. The largest absolute Gasteiger partial charge is 0.352 e. The predicted octanol–water partition coefficient (Wildman–Crippen LogP) is 4.30. The van der Waals surface area contributed by atoms with Gasteiger partial charge in [0.15, 0.2) is 15.1 Å². The number of halogens is 2. The van der Waals surface area contributed by atoms with E-state index in [0.29, 0.717) is 16.8 Å². The minimum atomic E-state index is -4.37. The molecule has 1 atom stereocenters. The molecule has 1 unspecified atom stereocenters. The first-order chi connectivity index (χ1) is 20.0. The van der Waals surface area contributed by atoms with Gasteiger partial charge in [0.2, 0.25) is 17.7 Å². The molecule has 3 amide bonds. The van der Waals surface area contributed by atoms with E-state index in [1.54, 1.807) is 30.3 Å². The van der Waals surface area contributed by atoms with Crippen LogP contribution in [0.1, 0.15) is 35.6 Å². The van der Waals surface area contributed by atoms with Crippen molar-refractivity contribution in [2.75, 3.05) is 6.54 Å². The summed E-state index contributed by atoms with van der Waals surface area (Å²) in [5, 5.41) is 6.15. The van der Waals surface area contributed by atoms with E-state index in [9.17, 15) is 22.8 Å². The van der Waals surface area contributed by atoms with Crippen LogP contribution in [-0.2, 0) is 30.8 Å². The van der Waals surface area contributed by atoms with Gasteiger partial charge < -0.3 is 16.0 Å². The molecule has 4 aromatic rings. The number of carbonyl (C=O) groups excluding carboxylic acids is 3. The normalized spacial score (nSPS) is 13.9. The summed E-state index contributed by atoms with van der Waals surface area (Å²) < 4.78 is 43.2. The van der Waals surface area contributed by atoms with E-state index < -0.39 is 39.3 Å².